The number of rotatable bonds is 1. The molecule has 0 saturated carbocycles. The molecule has 0 radical (unpaired) electrons. The Morgan fingerprint density at radius 2 is 1.79 bits per heavy atom. The molecule has 98 valence electrons. The number of hydrogen-bond donors (Lipinski definition) is 2. The van der Waals surface area contributed by atoms with E-state index in [0.29, 0.717) is 0 Å². The SMILES string of the molecule is c1ccc2c(c1)NCc1ccc(N3CCNCC3)n1-2. The molecule has 19 heavy (non-hydrogen) atoms. The van der Waals surface area contributed by atoms with Crippen molar-refractivity contribution >= 4 is 11.5 Å². The van der Waals surface area contributed by atoms with Crippen molar-refractivity contribution in [1.82, 2.24) is 9.88 Å². The van der Waals surface area contributed by atoms with E-state index in [9.17, 15) is 0 Å². The molecule has 2 aliphatic heterocycles. The summed E-state index contributed by atoms with van der Waals surface area (Å²) in [5.41, 5.74) is 3.83. The lowest BCUT2D eigenvalue weighted by molar-refractivity contribution is 0.581. The zero-order valence-electron chi connectivity index (χ0n) is 10.9. The van der Waals surface area contributed by atoms with Crippen LogP contribution in [0.5, 0.6) is 0 Å². The van der Waals surface area contributed by atoms with Crippen LogP contribution in [0.3, 0.4) is 0 Å². The summed E-state index contributed by atoms with van der Waals surface area (Å²) in [4.78, 5) is 2.47. The van der Waals surface area contributed by atoms with Crippen molar-refractivity contribution < 1.29 is 0 Å². The van der Waals surface area contributed by atoms with E-state index in [1.165, 1.54) is 22.9 Å². The van der Waals surface area contributed by atoms with Gasteiger partial charge in [0.15, 0.2) is 0 Å². The van der Waals surface area contributed by atoms with Crippen LogP contribution in [0, 0.1) is 0 Å². The van der Waals surface area contributed by atoms with Gasteiger partial charge in [-0.15, -0.1) is 0 Å². The Balaban J connectivity index is 1.82. The largest absolute Gasteiger partial charge is 0.378 e. The van der Waals surface area contributed by atoms with Gasteiger partial charge in [-0.05, 0) is 24.3 Å². The molecule has 3 heterocycles. The average molecular weight is 254 g/mol. The van der Waals surface area contributed by atoms with Crippen molar-refractivity contribution in [2.75, 3.05) is 36.4 Å². The van der Waals surface area contributed by atoms with Crippen LogP contribution in [0.15, 0.2) is 36.4 Å². The van der Waals surface area contributed by atoms with Crippen molar-refractivity contribution in [3.63, 3.8) is 0 Å². The molecule has 1 saturated heterocycles. The number of piperazine rings is 1. The fraction of sp³-hybridized carbons (Fsp3) is 0.333. The Morgan fingerprint density at radius 3 is 2.68 bits per heavy atom. The second kappa shape index (κ2) is 4.31. The first-order valence-corrected chi connectivity index (χ1v) is 6.93. The van der Waals surface area contributed by atoms with E-state index in [2.05, 4.69) is 56.5 Å². The maximum Gasteiger partial charge on any atom is 0.113 e. The minimum atomic E-state index is 0.906. The summed E-state index contributed by atoms with van der Waals surface area (Å²) < 4.78 is 2.40. The summed E-state index contributed by atoms with van der Waals surface area (Å²) in [7, 11) is 0. The Hall–Kier alpha value is -1.94. The van der Waals surface area contributed by atoms with Crippen LogP contribution in [-0.2, 0) is 6.54 Å². The molecule has 1 fully saturated rings. The number of fused-ring (bicyclic) bond motifs is 3. The molecule has 2 N–H and O–H groups in total. The fourth-order valence-corrected chi connectivity index (χ4v) is 3.03. The average Bonchev–Trinajstić information content (AvgIpc) is 2.92. The highest BCUT2D eigenvalue weighted by molar-refractivity contribution is 5.68. The minimum Gasteiger partial charge on any atom is -0.378 e. The van der Waals surface area contributed by atoms with Crippen molar-refractivity contribution in [2.24, 2.45) is 0 Å². The first-order valence-electron chi connectivity index (χ1n) is 6.93. The molecule has 4 rings (SSSR count). The van der Waals surface area contributed by atoms with Gasteiger partial charge in [-0.2, -0.15) is 0 Å². The quantitative estimate of drug-likeness (QED) is 0.814. The second-order valence-corrected chi connectivity index (χ2v) is 5.13. The third-order valence-corrected chi connectivity index (χ3v) is 3.99. The maximum atomic E-state index is 3.48. The summed E-state index contributed by atoms with van der Waals surface area (Å²) in [6.07, 6.45) is 0. The molecule has 0 bridgehead atoms. The van der Waals surface area contributed by atoms with Crippen LogP contribution in [0.4, 0.5) is 11.5 Å². The van der Waals surface area contributed by atoms with Gasteiger partial charge in [0.1, 0.15) is 5.82 Å². The van der Waals surface area contributed by atoms with E-state index >= 15 is 0 Å². The van der Waals surface area contributed by atoms with Crippen molar-refractivity contribution in [1.29, 1.82) is 0 Å². The van der Waals surface area contributed by atoms with Gasteiger partial charge in [0.25, 0.3) is 0 Å². The molecular formula is C15H18N4. The minimum absolute atomic E-state index is 0.906. The Kier molecular flexibility index (Phi) is 2.48. The van der Waals surface area contributed by atoms with Crippen LogP contribution in [0.2, 0.25) is 0 Å². The van der Waals surface area contributed by atoms with E-state index in [-0.39, 0.29) is 0 Å². The van der Waals surface area contributed by atoms with Gasteiger partial charge < -0.3 is 15.5 Å². The predicted molar refractivity (Wildman–Crippen MR) is 78.2 cm³/mol. The number of nitrogens with one attached hydrogen (secondary N) is 2. The number of anilines is 2. The van der Waals surface area contributed by atoms with E-state index in [0.717, 1.165) is 32.7 Å². The molecule has 0 atom stereocenters. The molecule has 4 nitrogen and oxygen atoms in total. The molecule has 1 aromatic carbocycles. The highest BCUT2D eigenvalue weighted by atomic mass is 15.3. The van der Waals surface area contributed by atoms with Crippen molar-refractivity contribution in [3.05, 3.63) is 42.1 Å². The van der Waals surface area contributed by atoms with Gasteiger partial charge in [-0.3, -0.25) is 4.57 Å². The molecule has 0 spiro atoms. The predicted octanol–water partition coefficient (Wildman–Crippen LogP) is 1.81. The van der Waals surface area contributed by atoms with Crippen molar-refractivity contribution in [3.8, 4) is 5.69 Å². The van der Waals surface area contributed by atoms with E-state index in [1.807, 2.05) is 0 Å². The van der Waals surface area contributed by atoms with Gasteiger partial charge >= 0.3 is 0 Å². The van der Waals surface area contributed by atoms with E-state index in [1.54, 1.807) is 0 Å². The zero-order valence-corrected chi connectivity index (χ0v) is 10.9. The Labute approximate surface area is 113 Å². The third kappa shape index (κ3) is 1.71. The molecule has 4 heteroatoms. The van der Waals surface area contributed by atoms with Crippen molar-refractivity contribution in [2.45, 2.75) is 6.54 Å². The topological polar surface area (TPSA) is 32.2 Å². The van der Waals surface area contributed by atoms with E-state index < -0.39 is 0 Å². The first kappa shape index (κ1) is 10.9. The number of para-hydroxylation sites is 2. The van der Waals surface area contributed by atoms with Crippen LogP contribution in [0.1, 0.15) is 5.69 Å². The third-order valence-electron chi connectivity index (χ3n) is 3.99. The first-order chi connectivity index (χ1) is 9.43. The van der Waals surface area contributed by atoms with Gasteiger partial charge in [-0.1, -0.05) is 12.1 Å². The van der Waals surface area contributed by atoms with Gasteiger partial charge in [0, 0.05) is 31.9 Å². The number of benzene rings is 1. The van der Waals surface area contributed by atoms with Crippen LogP contribution < -0.4 is 15.5 Å². The van der Waals surface area contributed by atoms with E-state index in [4.69, 9.17) is 0 Å². The molecule has 0 unspecified atom stereocenters. The van der Waals surface area contributed by atoms with Crippen LogP contribution in [0.25, 0.3) is 5.69 Å². The number of aromatic nitrogens is 1. The monoisotopic (exact) mass is 254 g/mol. The molecule has 0 amide bonds. The lowest BCUT2D eigenvalue weighted by Crippen LogP contribution is -2.44. The molecule has 2 aromatic rings. The lowest BCUT2D eigenvalue weighted by atomic mass is 10.2. The molecule has 2 aliphatic rings. The lowest BCUT2D eigenvalue weighted by Gasteiger charge is -2.32. The van der Waals surface area contributed by atoms with Gasteiger partial charge in [0.2, 0.25) is 0 Å². The Morgan fingerprint density at radius 1 is 0.947 bits per heavy atom. The summed E-state index contributed by atoms with van der Waals surface area (Å²) in [6, 6.07) is 13.0. The van der Waals surface area contributed by atoms with Gasteiger partial charge in [-0.25, -0.2) is 0 Å². The fourth-order valence-electron chi connectivity index (χ4n) is 3.03. The molecule has 1 aromatic heterocycles. The smallest absolute Gasteiger partial charge is 0.113 e. The summed E-state index contributed by atoms with van der Waals surface area (Å²) in [6.45, 7) is 5.21. The highest BCUT2D eigenvalue weighted by Gasteiger charge is 2.21. The maximum absolute atomic E-state index is 3.48. The Bertz CT molecular complexity index is 596. The number of nitrogens with zero attached hydrogens (tertiary/aromatic N) is 2. The number of hydrogen-bond acceptors (Lipinski definition) is 3. The molecule has 0 aliphatic carbocycles. The van der Waals surface area contributed by atoms with Crippen LogP contribution in [-0.4, -0.2) is 30.7 Å². The zero-order chi connectivity index (χ0) is 12.7. The standard InChI is InChI=1S/C15H18N4/c1-2-4-14-13(3-1)17-11-12-5-6-15(19(12)14)18-9-7-16-8-10-18/h1-6,16-17H,7-11H2. The summed E-state index contributed by atoms with van der Waals surface area (Å²) >= 11 is 0. The summed E-state index contributed by atoms with van der Waals surface area (Å²) in [5.74, 6) is 1.32. The normalized spacial score (nSPS) is 17.6. The molecular weight excluding hydrogens is 236 g/mol. The second-order valence-electron chi connectivity index (χ2n) is 5.13. The van der Waals surface area contributed by atoms with Crippen LogP contribution >= 0.6 is 0 Å². The summed E-state index contributed by atoms with van der Waals surface area (Å²) in [5, 5.41) is 6.90. The highest BCUT2D eigenvalue weighted by Crippen LogP contribution is 2.33. The van der Waals surface area contributed by atoms with Gasteiger partial charge in [0.05, 0.1) is 17.9 Å².